The first-order valence-corrected chi connectivity index (χ1v) is 8.81. The molecule has 1 aromatic rings. The zero-order valence-electron chi connectivity index (χ0n) is 13.4. The Balaban J connectivity index is 2.25. The fourth-order valence-corrected chi connectivity index (χ4v) is 2.86. The molecule has 1 rings (SSSR count). The molecule has 24 heavy (non-hydrogen) atoms. The van der Waals surface area contributed by atoms with Gasteiger partial charge < -0.3 is 14.8 Å². The van der Waals surface area contributed by atoms with E-state index in [-0.39, 0.29) is 12.3 Å². The summed E-state index contributed by atoms with van der Waals surface area (Å²) in [5.74, 6) is -1.14. The molecule has 0 unspecified atom stereocenters. The second-order valence-electron chi connectivity index (χ2n) is 4.66. The molecular weight excluding hydrogens is 400 g/mol. The van der Waals surface area contributed by atoms with Gasteiger partial charge >= 0.3 is 12.0 Å². The molecule has 0 radical (unpaired) electrons. The molecule has 7 nitrogen and oxygen atoms in total. The van der Waals surface area contributed by atoms with Gasteiger partial charge in [0.1, 0.15) is 0 Å². The maximum Gasteiger partial charge on any atom is 0.321 e. The van der Waals surface area contributed by atoms with E-state index in [4.69, 9.17) is 9.47 Å². The van der Waals surface area contributed by atoms with Crippen LogP contribution < -0.4 is 10.6 Å². The highest BCUT2D eigenvalue weighted by Crippen LogP contribution is 2.25. The molecular formula is C15H19BrN2O5S. The highest BCUT2D eigenvalue weighted by Gasteiger charge is 2.11. The minimum absolute atomic E-state index is 0.0792. The van der Waals surface area contributed by atoms with E-state index in [9.17, 15) is 14.4 Å². The first-order valence-electron chi connectivity index (χ1n) is 7.03. The van der Waals surface area contributed by atoms with Crippen molar-refractivity contribution < 1.29 is 23.9 Å². The Morgan fingerprint density at radius 1 is 1.29 bits per heavy atom. The first-order chi connectivity index (χ1) is 11.4. The van der Waals surface area contributed by atoms with E-state index in [0.29, 0.717) is 6.61 Å². The molecule has 1 aromatic carbocycles. The third-order valence-electron chi connectivity index (χ3n) is 2.69. The third-order valence-corrected chi connectivity index (χ3v) is 4.33. The number of esters is 1. The average Bonchev–Trinajstić information content (AvgIpc) is 2.52. The Morgan fingerprint density at radius 3 is 2.71 bits per heavy atom. The van der Waals surface area contributed by atoms with Crippen molar-refractivity contribution in [2.24, 2.45) is 0 Å². The van der Waals surface area contributed by atoms with Crippen LogP contribution in [0.2, 0.25) is 0 Å². The van der Waals surface area contributed by atoms with E-state index in [0.717, 1.165) is 14.9 Å². The predicted molar refractivity (Wildman–Crippen MR) is 94.0 cm³/mol. The van der Waals surface area contributed by atoms with Crippen LogP contribution in [0.4, 0.5) is 4.79 Å². The van der Waals surface area contributed by atoms with Gasteiger partial charge in [0.15, 0.2) is 6.61 Å². The number of nitrogens with one attached hydrogen (secondary N) is 2. The van der Waals surface area contributed by atoms with Gasteiger partial charge in [0.2, 0.25) is 0 Å². The van der Waals surface area contributed by atoms with E-state index < -0.39 is 24.5 Å². The van der Waals surface area contributed by atoms with Crippen LogP contribution in [0.15, 0.2) is 27.6 Å². The smallest absolute Gasteiger partial charge is 0.321 e. The fraction of sp³-hybridized carbons (Fsp3) is 0.400. The number of halogens is 1. The second kappa shape index (κ2) is 11.1. The van der Waals surface area contributed by atoms with Gasteiger partial charge in [-0.05, 0) is 30.7 Å². The van der Waals surface area contributed by atoms with Gasteiger partial charge in [0.05, 0.1) is 12.4 Å². The molecule has 2 N–H and O–H groups in total. The summed E-state index contributed by atoms with van der Waals surface area (Å²) in [5, 5.41) is 4.46. The molecule has 9 heteroatoms. The number of ether oxygens (including phenoxy) is 2. The van der Waals surface area contributed by atoms with Crippen molar-refractivity contribution in [2.75, 3.05) is 32.6 Å². The number of rotatable bonds is 8. The molecule has 0 aliphatic rings. The van der Waals surface area contributed by atoms with Crippen molar-refractivity contribution in [3.05, 3.63) is 28.2 Å². The Hall–Kier alpha value is -1.58. The Bertz CT molecular complexity index is 597. The normalized spacial score (nSPS) is 10.1. The molecule has 132 valence electrons. The van der Waals surface area contributed by atoms with Crippen molar-refractivity contribution in [2.45, 2.75) is 11.8 Å². The van der Waals surface area contributed by atoms with Crippen molar-refractivity contribution in [1.82, 2.24) is 10.6 Å². The van der Waals surface area contributed by atoms with Crippen LogP contribution in [0, 0.1) is 6.92 Å². The van der Waals surface area contributed by atoms with Crippen molar-refractivity contribution in [3.63, 3.8) is 0 Å². The number of thioether (sulfide) groups is 1. The molecule has 3 amide bonds. The second-order valence-corrected chi connectivity index (χ2v) is 6.59. The van der Waals surface area contributed by atoms with Gasteiger partial charge in [-0.2, -0.15) is 0 Å². The monoisotopic (exact) mass is 418 g/mol. The molecule has 0 bridgehead atoms. The SMILES string of the molecule is COCCNC(=O)NC(=O)COC(=O)CSc1ccc(Br)cc1C. The predicted octanol–water partition coefficient (Wildman–Crippen LogP) is 1.87. The fourth-order valence-electron chi connectivity index (χ4n) is 1.57. The number of methoxy groups -OCH3 is 1. The summed E-state index contributed by atoms with van der Waals surface area (Å²) in [7, 11) is 1.50. The highest BCUT2D eigenvalue weighted by atomic mass is 79.9. The summed E-state index contributed by atoms with van der Waals surface area (Å²) < 4.78 is 10.5. The standard InChI is InChI=1S/C15H19BrN2O5S/c1-10-7-11(16)3-4-12(10)24-9-14(20)23-8-13(19)18-15(21)17-5-6-22-2/h3-4,7H,5-6,8-9H2,1-2H3,(H2,17,18,19,21). The minimum atomic E-state index is -0.692. The number of amides is 3. The summed E-state index contributed by atoms with van der Waals surface area (Å²) in [6, 6.07) is 5.07. The lowest BCUT2D eigenvalue weighted by Crippen LogP contribution is -2.42. The van der Waals surface area contributed by atoms with Crippen molar-refractivity contribution in [3.8, 4) is 0 Å². The molecule has 0 aliphatic carbocycles. The highest BCUT2D eigenvalue weighted by molar-refractivity contribution is 9.10. The summed E-state index contributed by atoms with van der Waals surface area (Å²) >= 11 is 4.69. The molecule has 0 atom stereocenters. The van der Waals surface area contributed by atoms with E-state index >= 15 is 0 Å². The summed E-state index contributed by atoms with van der Waals surface area (Å²) in [6.45, 7) is 2.05. The van der Waals surface area contributed by atoms with Gasteiger partial charge in [-0.3, -0.25) is 14.9 Å². The first kappa shape index (κ1) is 20.5. The number of hydrogen-bond donors (Lipinski definition) is 2. The maximum absolute atomic E-state index is 11.6. The third kappa shape index (κ3) is 8.32. The topological polar surface area (TPSA) is 93.7 Å². The lowest BCUT2D eigenvalue weighted by Gasteiger charge is -2.08. The van der Waals surface area contributed by atoms with Crippen molar-refractivity contribution >= 4 is 45.6 Å². The van der Waals surface area contributed by atoms with Crippen LogP contribution >= 0.6 is 27.7 Å². The van der Waals surface area contributed by atoms with Crippen LogP contribution in [0.25, 0.3) is 0 Å². The van der Waals surface area contributed by atoms with E-state index in [1.54, 1.807) is 0 Å². The molecule has 0 saturated carbocycles. The quantitative estimate of drug-likeness (QED) is 0.380. The summed E-state index contributed by atoms with van der Waals surface area (Å²) in [5.41, 5.74) is 1.03. The van der Waals surface area contributed by atoms with Crippen LogP contribution in [-0.2, 0) is 19.1 Å². The number of carbonyl (C=O) groups is 3. The van der Waals surface area contributed by atoms with E-state index in [1.165, 1.54) is 18.9 Å². The molecule has 0 heterocycles. The van der Waals surface area contributed by atoms with Gasteiger partial charge in [-0.1, -0.05) is 15.9 Å². The lowest BCUT2D eigenvalue weighted by molar-refractivity contribution is -0.145. The van der Waals surface area contributed by atoms with Crippen LogP contribution in [0.3, 0.4) is 0 Å². The zero-order valence-corrected chi connectivity index (χ0v) is 15.8. The molecule has 0 fully saturated rings. The molecule has 0 spiro atoms. The van der Waals surface area contributed by atoms with E-state index in [1.807, 2.05) is 30.4 Å². The number of aryl methyl sites for hydroxylation is 1. The Morgan fingerprint density at radius 2 is 2.04 bits per heavy atom. The van der Waals surface area contributed by atoms with Crippen molar-refractivity contribution in [1.29, 1.82) is 0 Å². The average molecular weight is 419 g/mol. The van der Waals surface area contributed by atoms with Gasteiger partial charge in [-0.15, -0.1) is 11.8 Å². The molecule has 0 saturated heterocycles. The lowest BCUT2D eigenvalue weighted by atomic mass is 10.2. The summed E-state index contributed by atoms with van der Waals surface area (Å²) in [6.07, 6.45) is 0. The van der Waals surface area contributed by atoms with Crippen LogP contribution in [-0.4, -0.2) is 50.5 Å². The number of benzene rings is 1. The number of imide groups is 1. The molecule has 0 aliphatic heterocycles. The van der Waals surface area contributed by atoms with Gasteiger partial charge in [-0.25, -0.2) is 4.79 Å². The summed E-state index contributed by atoms with van der Waals surface area (Å²) in [4.78, 5) is 35.4. The maximum atomic E-state index is 11.6. The van der Waals surface area contributed by atoms with Crippen LogP contribution in [0.1, 0.15) is 5.56 Å². The zero-order chi connectivity index (χ0) is 17.9. The van der Waals surface area contributed by atoms with Crippen LogP contribution in [0.5, 0.6) is 0 Å². The Kier molecular flexibility index (Phi) is 9.43. The molecule has 0 aromatic heterocycles. The van der Waals surface area contributed by atoms with Gasteiger partial charge in [0.25, 0.3) is 5.91 Å². The largest absolute Gasteiger partial charge is 0.455 e. The minimum Gasteiger partial charge on any atom is -0.455 e. The van der Waals surface area contributed by atoms with E-state index in [2.05, 4.69) is 21.2 Å². The number of hydrogen-bond acceptors (Lipinski definition) is 6. The number of urea groups is 1. The number of carbonyl (C=O) groups excluding carboxylic acids is 3. The van der Waals surface area contributed by atoms with Gasteiger partial charge in [0, 0.05) is 23.0 Å². The Labute approximate surface area is 153 Å².